The predicted molar refractivity (Wildman–Crippen MR) is 78.9 cm³/mol. The fraction of sp³-hybridized carbons (Fsp3) is 1.00. The Morgan fingerprint density at radius 3 is 2.06 bits per heavy atom. The zero-order chi connectivity index (χ0) is 12.8. The summed E-state index contributed by atoms with van der Waals surface area (Å²) >= 11 is 0. The van der Waals surface area contributed by atoms with Crippen LogP contribution >= 0.6 is 0 Å². The van der Waals surface area contributed by atoms with E-state index in [9.17, 15) is 0 Å². The molecule has 0 bridgehead atoms. The molecule has 2 rings (SSSR count). The van der Waals surface area contributed by atoms with Crippen molar-refractivity contribution in [3.8, 4) is 0 Å². The number of nitrogens with zero attached hydrogens (tertiary/aromatic N) is 1. The van der Waals surface area contributed by atoms with Crippen LogP contribution in [-0.4, -0.2) is 37.1 Å². The van der Waals surface area contributed by atoms with Gasteiger partial charge in [-0.1, -0.05) is 19.3 Å². The minimum atomic E-state index is 0.751. The third-order valence-corrected chi connectivity index (χ3v) is 5.06. The summed E-state index contributed by atoms with van der Waals surface area (Å²) in [7, 11) is 0. The quantitative estimate of drug-likeness (QED) is 0.808. The second-order valence-electron chi connectivity index (χ2n) is 6.70. The van der Waals surface area contributed by atoms with Crippen LogP contribution in [0.1, 0.15) is 58.8 Å². The Bertz CT molecular complexity index is 213. The highest BCUT2D eigenvalue weighted by Gasteiger charge is 2.21. The Balaban J connectivity index is 1.55. The van der Waals surface area contributed by atoms with Gasteiger partial charge in [0.2, 0.25) is 0 Å². The molecule has 0 radical (unpaired) electrons. The van der Waals surface area contributed by atoms with Crippen molar-refractivity contribution in [1.82, 2.24) is 10.2 Å². The van der Waals surface area contributed by atoms with E-state index in [1.807, 2.05) is 0 Å². The van der Waals surface area contributed by atoms with Crippen LogP contribution < -0.4 is 5.32 Å². The lowest BCUT2D eigenvalue weighted by Gasteiger charge is -2.34. The van der Waals surface area contributed by atoms with Gasteiger partial charge in [0.05, 0.1) is 0 Å². The summed E-state index contributed by atoms with van der Waals surface area (Å²) < 4.78 is 0. The molecule has 2 aliphatic rings. The van der Waals surface area contributed by atoms with Crippen molar-refractivity contribution in [3.05, 3.63) is 0 Å². The van der Waals surface area contributed by atoms with Crippen LogP contribution in [0.25, 0.3) is 0 Å². The molecule has 2 heterocycles. The summed E-state index contributed by atoms with van der Waals surface area (Å²) in [5.41, 5.74) is 0. The maximum atomic E-state index is 3.46. The lowest BCUT2D eigenvalue weighted by Crippen LogP contribution is -2.38. The average molecular weight is 252 g/mol. The largest absolute Gasteiger partial charge is 0.317 e. The van der Waals surface area contributed by atoms with Crippen LogP contribution in [0.4, 0.5) is 0 Å². The minimum absolute atomic E-state index is 0.751. The summed E-state index contributed by atoms with van der Waals surface area (Å²) in [6.07, 6.45) is 10.2. The fourth-order valence-corrected chi connectivity index (χ4v) is 3.62. The topological polar surface area (TPSA) is 15.3 Å². The third-order valence-electron chi connectivity index (χ3n) is 5.06. The molecule has 106 valence electrons. The smallest absolute Gasteiger partial charge is 0.00385 e. The summed E-state index contributed by atoms with van der Waals surface area (Å²) in [5.74, 6) is 2.06. The zero-order valence-electron chi connectivity index (χ0n) is 12.5. The van der Waals surface area contributed by atoms with Crippen LogP contribution in [0, 0.1) is 11.8 Å². The highest BCUT2D eigenvalue weighted by Crippen LogP contribution is 2.26. The zero-order valence-corrected chi connectivity index (χ0v) is 12.5. The van der Waals surface area contributed by atoms with Gasteiger partial charge in [0.25, 0.3) is 0 Å². The van der Waals surface area contributed by atoms with Gasteiger partial charge in [0.15, 0.2) is 0 Å². The van der Waals surface area contributed by atoms with Gasteiger partial charge in [0, 0.05) is 6.04 Å². The van der Waals surface area contributed by atoms with Crippen LogP contribution in [0.15, 0.2) is 0 Å². The Kier molecular flexibility index (Phi) is 5.97. The molecule has 0 amide bonds. The second-order valence-corrected chi connectivity index (χ2v) is 6.70. The van der Waals surface area contributed by atoms with E-state index in [4.69, 9.17) is 0 Å². The molecule has 0 spiro atoms. The monoisotopic (exact) mass is 252 g/mol. The van der Waals surface area contributed by atoms with Crippen molar-refractivity contribution in [1.29, 1.82) is 0 Å². The van der Waals surface area contributed by atoms with Gasteiger partial charge in [-0.15, -0.1) is 0 Å². The van der Waals surface area contributed by atoms with Crippen LogP contribution in [-0.2, 0) is 0 Å². The Morgan fingerprint density at radius 1 is 0.944 bits per heavy atom. The van der Waals surface area contributed by atoms with E-state index in [1.165, 1.54) is 71.1 Å². The van der Waals surface area contributed by atoms with Crippen molar-refractivity contribution in [2.24, 2.45) is 11.8 Å². The molecule has 0 saturated carbocycles. The molecular weight excluding hydrogens is 220 g/mol. The van der Waals surface area contributed by atoms with E-state index in [0.29, 0.717) is 0 Å². The van der Waals surface area contributed by atoms with Crippen molar-refractivity contribution >= 4 is 0 Å². The van der Waals surface area contributed by atoms with Crippen molar-refractivity contribution < 1.29 is 0 Å². The molecule has 2 saturated heterocycles. The highest BCUT2D eigenvalue weighted by atomic mass is 15.1. The normalized spacial score (nSPS) is 24.8. The number of piperidine rings is 2. The molecule has 0 aromatic rings. The average Bonchev–Trinajstić information content (AvgIpc) is 2.40. The van der Waals surface area contributed by atoms with E-state index >= 15 is 0 Å². The molecule has 1 N–H and O–H groups in total. The molecule has 0 aromatic heterocycles. The number of hydrogen-bond donors (Lipinski definition) is 1. The van der Waals surface area contributed by atoms with Crippen LogP contribution in [0.2, 0.25) is 0 Å². The highest BCUT2D eigenvalue weighted by molar-refractivity contribution is 4.75. The van der Waals surface area contributed by atoms with Crippen molar-refractivity contribution in [3.63, 3.8) is 0 Å². The fourth-order valence-electron chi connectivity index (χ4n) is 3.62. The van der Waals surface area contributed by atoms with Gasteiger partial charge in [-0.05, 0) is 77.5 Å². The lowest BCUT2D eigenvalue weighted by atomic mass is 9.87. The van der Waals surface area contributed by atoms with E-state index < -0.39 is 0 Å². The van der Waals surface area contributed by atoms with Gasteiger partial charge in [-0.3, -0.25) is 0 Å². The molecule has 0 aromatic carbocycles. The molecule has 2 aliphatic heterocycles. The van der Waals surface area contributed by atoms with Gasteiger partial charge in [-0.2, -0.15) is 0 Å². The number of rotatable bonds is 5. The molecule has 2 heteroatoms. The first-order valence-corrected chi connectivity index (χ1v) is 8.20. The van der Waals surface area contributed by atoms with E-state index in [0.717, 1.165) is 17.9 Å². The van der Waals surface area contributed by atoms with Gasteiger partial charge in [0.1, 0.15) is 0 Å². The van der Waals surface area contributed by atoms with E-state index in [1.54, 1.807) is 0 Å². The number of nitrogens with one attached hydrogen (secondary N) is 1. The summed E-state index contributed by atoms with van der Waals surface area (Å²) in [6, 6.07) is 0.751. The SMILES string of the molecule is CC(C)N1CCC(CCCC2CCNCC2)CC1. The first kappa shape index (κ1) is 14.3. The lowest BCUT2D eigenvalue weighted by molar-refractivity contribution is 0.143. The molecule has 18 heavy (non-hydrogen) atoms. The van der Waals surface area contributed by atoms with E-state index in [2.05, 4.69) is 24.1 Å². The van der Waals surface area contributed by atoms with Gasteiger partial charge in [-0.25, -0.2) is 0 Å². The Labute approximate surface area is 114 Å². The number of hydrogen-bond acceptors (Lipinski definition) is 2. The van der Waals surface area contributed by atoms with Crippen LogP contribution in [0.5, 0.6) is 0 Å². The first-order chi connectivity index (χ1) is 8.75. The molecule has 0 unspecified atom stereocenters. The van der Waals surface area contributed by atoms with Gasteiger partial charge < -0.3 is 10.2 Å². The minimum Gasteiger partial charge on any atom is -0.317 e. The molecule has 2 nitrogen and oxygen atoms in total. The molecular formula is C16H32N2. The third kappa shape index (κ3) is 4.55. The van der Waals surface area contributed by atoms with E-state index in [-0.39, 0.29) is 0 Å². The predicted octanol–water partition coefficient (Wildman–Crippen LogP) is 3.28. The first-order valence-electron chi connectivity index (χ1n) is 8.20. The second kappa shape index (κ2) is 7.49. The Morgan fingerprint density at radius 2 is 1.50 bits per heavy atom. The number of likely N-dealkylation sites (tertiary alicyclic amines) is 1. The maximum absolute atomic E-state index is 3.46. The molecule has 0 aliphatic carbocycles. The molecule has 0 atom stereocenters. The van der Waals surface area contributed by atoms with Gasteiger partial charge >= 0.3 is 0 Å². The maximum Gasteiger partial charge on any atom is 0.00385 e. The summed E-state index contributed by atoms with van der Waals surface area (Å²) in [4.78, 5) is 2.64. The van der Waals surface area contributed by atoms with Crippen molar-refractivity contribution in [2.75, 3.05) is 26.2 Å². The van der Waals surface area contributed by atoms with Crippen molar-refractivity contribution in [2.45, 2.75) is 64.8 Å². The summed E-state index contributed by atoms with van der Waals surface area (Å²) in [6.45, 7) is 9.87. The standard InChI is InChI=1S/C16H32N2/c1-14(2)18-12-8-16(9-13-18)5-3-4-15-6-10-17-11-7-15/h14-17H,3-13H2,1-2H3. The van der Waals surface area contributed by atoms with Crippen LogP contribution in [0.3, 0.4) is 0 Å². The Hall–Kier alpha value is -0.0800. The summed E-state index contributed by atoms with van der Waals surface area (Å²) in [5, 5.41) is 3.46. The molecule has 2 fully saturated rings.